The number of rotatable bonds is 4. The highest BCUT2D eigenvalue weighted by molar-refractivity contribution is 5.78. The quantitative estimate of drug-likeness (QED) is 0.783. The van der Waals surface area contributed by atoms with Crippen LogP contribution in [-0.4, -0.2) is 6.61 Å². The summed E-state index contributed by atoms with van der Waals surface area (Å²) >= 11 is 0. The van der Waals surface area contributed by atoms with Gasteiger partial charge in [-0.2, -0.15) is 0 Å². The number of fused-ring (bicyclic) bond motifs is 1. The van der Waals surface area contributed by atoms with E-state index < -0.39 is 17.6 Å². The molecule has 1 aromatic heterocycles. The molecule has 0 saturated carbocycles. The standard InChI is InChI=1S/C13H12F2O3/c1-2-5-17-9-4-3-8-6-10(12(14)15)13(16)18-11(8)7-9/h3-4,6-7,12H,2,5H2,1H3. The fourth-order valence-electron chi connectivity index (χ4n) is 1.57. The zero-order valence-electron chi connectivity index (χ0n) is 9.78. The molecular weight excluding hydrogens is 242 g/mol. The molecule has 1 heterocycles. The van der Waals surface area contributed by atoms with Crippen LogP contribution in [0.25, 0.3) is 11.0 Å². The van der Waals surface area contributed by atoms with E-state index in [1.54, 1.807) is 12.1 Å². The van der Waals surface area contributed by atoms with Gasteiger partial charge in [0.25, 0.3) is 6.43 Å². The van der Waals surface area contributed by atoms with Crippen LogP contribution in [0, 0.1) is 0 Å². The molecular formula is C13H12F2O3. The Hall–Kier alpha value is -1.91. The van der Waals surface area contributed by atoms with Crippen LogP contribution in [0.3, 0.4) is 0 Å². The van der Waals surface area contributed by atoms with E-state index >= 15 is 0 Å². The molecule has 0 fully saturated rings. The van der Waals surface area contributed by atoms with Gasteiger partial charge in [-0.3, -0.25) is 0 Å². The number of halogens is 2. The third-order valence-electron chi connectivity index (χ3n) is 2.44. The summed E-state index contributed by atoms with van der Waals surface area (Å²) < 4.78 is 35.3. The molecule has 0 aliphatic carbocycles. The summed E-state index contributed by atoms with van der Waals surface area (Å²) in [5, 5.41) is 0.453. The molecule has 0 radical (unpaired) electrons. The molecule has 18 heavy (non-hydrogen) atoms. The van der Waals surface area contributed by atoms with Crippen molar-refractivity contribution in [3.63, 3.8) is 0 Å². The van der Waals surface area contributed by atoms with Gasteiger partial charge in [-0.25, -0.2) is 13.6 Å². The first-order valence-corrected chi connectivity index (χ1v) is 5.60. The average molecular weight is 254 g/mol. The summed E-state index contributed by atoms with van der Waals surface area (Å²) in [6.07, 6.45) is -1.98. The second kappa shape index (κ2) is 5.16. The van der Waals surface area contributed by atoms with Crippen molar-refractivity contribution in [2.75, 3.05) is 6.61 Å². The lowest BCUT2D eigenvalue weighted by atomic mass is 10.2. The Morgan fingerprint density at radius 3 is 2.78 bits per heavy atom. The zero-order valence-corrected chi connectivity index (χ0v) is 9.78. The average Bonchev–Trinajstić information content (AvgIpc) is 2.34. The molecule has 0 spiro atoms. The highest BCUT2D eigenvalue weighted by atomic mass is 19.3. The molecule has 0 atom stereocenters. The van der Waals surface area contributed by atoms with E-state index in [2.05, 4.69) is 0 Å². The molecule has 3 nitrogen and oxygen atoms in total. The van der Waals surface area contributed by atoms with Crippen molar-refractivity contribution >= 4 is 11.0 Å². The minimum atomic E-state index is -2.83. The maximum absolute atomic E-state index is 12.5. The van der Waals surface area contributed by atoms with Gasteiger partial charge in [-0.05, 0) is 24.6 Å². The first-order chi connectivity index (χ1) is 8.61. The van der Waals surface area contributed by atoms with Crippen molar-refractivity contribution in [1.82, 2.24) is 0 Å². The molecule has 0 unspecified atom stereocenters. The smallest absolute Gasteiger partial charge is 0.345 e. The van der Waals surface area contributed by atoms with E-state index in [4.69, 9.17) is 9.15 Å². The van der Waals surface area contributed by atoms with Crippen LogP contribution in [0.4, 0.5) is 8.78 Å². The van der Waals surface area contributed by atoms with Crippen molar-refractivity contribution in [2.45, 2.75) is 19.8 Å². The second-order valence-corrected chi connectivity index (χ2v) is 3.84. The topological polar surface area (TPSA) is 39.4 Å². The minimum Gasteiger partial charge on any atom is -0.493 e. The summed E-state index contributed by atoms with van der Waals surface area (Å²) in [6.45, 7) is 2.51. The van der Waals surface area contributed by atoms with Crippen molar-refractivity contribution in [3.8, 4) is 5.75 Å². The SMILES string of the molecule is CCCOc1ccc2cc(C(F)F)c(=O)oc2c1. The minimum absolute atomic E-state index is 0.248. The van der Waals surface area contributed by atoms with E-state index in [1.807, 2.05) is 6.92 Å². The molecule has 0 amide bonds. The third-order valence-corrected chi connectivity index (χ3v) is 2.44. The van der Waals surface area contributed by atoms with Gasteiger partial charge in [-0.15, -0.1) is 0 Å². The van der Waals surface area contributed by atoms with Gasteiger partial charge in [0.2, 0.25) is 0 Å². The maximum atomic E-state index is 12.5. The fraction of sp³-hybridized carbons (Fsp3) is 0.308. The van der Waals surface area contributed by atoms with Crippen LogP contribution < -0.4 is 10.4 Å². The predicted molar refractivity (Wildman–Crippen MR) is 63.2 cm³/mol. The highest BCUT2D eigenvalue weighted by Crippen LogP contribution is 2.23. The molecule has 1 aromatic carbocycles. The molecule has 0 aliphatic rings. The van der Waals surface area contributed by atoms with Crippen LogP contribution >= 0.6 is 0 Å². The molecule has 2 aromatic rings. The molecule has 0 bridgehead atoms. The third kappa shape index (κ3) is 2.50. The zero-order chi connectivity index (χ0) is 13.1. The number of hydrogen-bond donors (Lipinski definition) is 0. The monoisotopic (exact) mass is 254 g/mol. The van der Waals surface area contributed by atoms with Crippen LogP contribution in [0.15, 0.2) is 33.5 Å². The lowest BCUT2D eigenvalue weighted by molar-refractivity contribution is 0.147. The van der Waals surface area contributed by atoms with Crippen molar-refractivity contribution < 1.29 is 17.9 Å². The van der Waals surface area contributed by atoms with Gasteiger partial charge in [0, 0.05) is 11.5 Å². The van der Waals surface area contributed by atoms with Crippen LogP contribution in [-0.2, 0) is 0 Å². The van der Waals surface area contributed by atoms with Gasteiger partial charge in [0.15, 0.2) is 0 Å². The summed E-state index contributed by atoms with van der Waals surface area (Å²) in [5.41, 5.74) is -1.38. The number of hydrogen-bond acceptors (Lipinski definition) is 3. The normalized spacial score (nSPS) is 11.1. The van der Waals surface area contributed by atoms with Gasteiger partial charge in [0.05, 0.1) is 6.61 Å². The Balaban J connectivity index is 2.46. The number of ether oxygens (including phenoxy) is 1. The van der Waals surface area contributed by atoms with Gasteiger partial charge < -0.3 is 9.15 Å². The molecule has 5 heteroatoms. The largest absolute Gasteiger partial charge is 0.493 e. The number of alkyl halides is 2. The Morgan fingerprint density at radius 2 is 2.11 bits per heavy atom. The Morgan fingerprint density at radius 1 is 1.33 bits per heavy atom. The molecule has 2 rings (SSSR count). The molecule has 0 saturated heterocycles. The Bertz CT molecular complexity index is 605. The van der Waals surface area contributed by atoms with Crippen molar-refractivity contribution in [2.24, 2.45) is 0 Å². The van der Waals surface area contributed by atoms with E-state index in [0.717, 1.165) is 12.5 Å². The lowest BCUT2D eigenvalue weighted by Gasteiger charge is -2.06. The molecule has 0 N–H and O–H groups in total. The second-order valence-electron chi connectivity index (χ2n) is 3.84. The Kier molecular flexibility index (Phi) is 3.60. The van der Waals surface area contributed by atoms with E-state index in [1.165, 1.54) is 6.07 Å². The first kappa shape index (κ1) is 12.5. The Labute approximate surface area is 102 Å². The fourth-order valence-corrected chi connectivity index (χ4v) is 1.57. The summed E-state index contributed by atoms with van der Waals surface area (Å²) in [6, 6.07) is 5.93. The highest BCUT2D eigenvalue weighted by Gasteiger charge is 2.15. The van der Waals surface area contributed by atoms with Crippen LogP contribution in [0.5, 0.6) is 5.75 Å². The summed E-state index contributed by atoms with van der Waals surface area (Å²) in [7, 11) is 0. The van der Waals surface area contributed by atoms with Crippen LogP contribution in [0.2, 0.25) is 0 Å². The van der Waals surface area contributed by atoms with Crippen molar-refractivity contribution in [1.29, 1.82) is 0 Å². The molecule has 0 aliphatic heterocycles. The van der Waals surface area contributed by atoms with Gasteiger partial charge in [-0.1, -0.05) is 6.92 Å². The summed E-state index contributed by atoms with van der Waals surface area (Å²) in [4.78, 5) is 11.3. The van der Waals surface area contributed by atoms with Gasteiger partial charge in [0.1, 0.15) is 16.9 Å². The van der Waals surface area contributed by atoms with E-state index in [0.29, 0.717) is 17.7 Å². The van der Waals surface area contributed by atoms with Gasteiger partial charge >= 0.3 is 5.63 Å². The first-order valence-electron chi connectivity index (χ1n) is 5.60. The molecule has 96 valence electrons. The lowest BCUT2D eigenvalue weighted by Crippen LogP contribution is -2.07. The van der Waals surface area contributed by atoms with E-state index in [9.17, 15) is 13.6 Å². The number of benzene rings is 1. The summed E-state index contributed by atoms with van der Waals surface area (Å²) in [5.74, 6) is 0.553. The van der Waals surface area contributed by atoms with Crippen LogP contribution in [0.1, 0.15) is 25.3 Å². The predicted octanol–water partition coefficient (Wildman–Crippen LogP) is 3.52. The van der Waals surface area contributed by atoms with E-state index in [-0.39, 0.29) is 5.58 Å². The maximum Gasteiger partial charge on any atom is 0.345 e. The van der Waals surface area contributed by atoms with Crippen molar-refractivity contribution in [3.05, 3.63) is 40.2 Å².